The summed E-state index contributed by atoms with van der Waals surface area (Å²) in [5, 5.41) is 3.59. The van der Waals surface area contributed by atoms with E-state index in [0.29, 0.717) is 16.4 Å². The minimum atomic E-state index is -1.33. The predicted molar refractivity (Wildman–Crippen MR) is 377 cm³/mol. The first-order valence-corrected chi connectivity index (χ1v) is 36.8. The van der Waals surface area contributed by atoms with Crippen LogP contribution in [0.15, 0.2) is 189 Å². The number of hydrogen-bond acceptors (Lipinski definition) is 0. The van der Waals surface area contributed by atoms with Crippen molar-refractivity contribution >= 4 is 26.5 Å². The summed E-state index contributed by atoms with van der Waals surface area (Å²) in [5.41, 5.74) is 18.6. The zero-order valence-corrected chi connectivity index (χ0v) is 59.2. The average Bonchev–Trinajstić information content (AvgIpc) is 2.75. The van der Waals surface area contributed by atoms with Crippen LogP contribution in [0.3, 0.4) is 0 Å². The normalized spacial score (nSPS) is 11.1. The van der Waals surface area contributed by atoms with E-state index in [-0.39, 0.29) is 17.5 Å². The fourth-order valence-electron chi connectivity index (χ4n) is 9.57. The second-order valence-corrected chi connectivity index (χ2v) is 36.3. The molecule has 0 saturated heterocycles. The predicted octanol–water partition coefficient (Wildman–Crippen LogP) is 19.0. The Morgan fingerprint density at radius 2 is 0.795 bits per heavy atom. The van der Waals surface area contributed by atoms with E-state index in [2.05, 4.69) is 280 Å². The topological polar surface area (TPSA) is 34.5 Å². The van der Waals surface area contributed by atoms with Gasteiger partial charge < -0.3 is 32.0 Å². The maximum absolute atomic E-state index is 12.7. The van der Waals surface area contributed by atoms with Gasteiger partial charge >= 0.3 is 0 Å². The molecule has 0 spiro atoms. The smallest absolute Gasteiger partial charge is 0.146 e. The van der Waals surface area contributed by atoms with Crippen LogP contribution in [0.4, 0.5) is 13.2 Å². The van der Waals surface area contributed by atoms with Crippen molar-refractivity contribution in [2.24, 2.45) is 49.3 Å². The molecule has 0 N–H and O–H groups in total. The van der Waals surface area contributed by atoms with Crippen molar-refractivity contribution in [3.8, 4) is 44.5 Å². The molecular weight excluding hydrogens is 1120 g/mol. The van der Waals surface area contributed by atoms with Crippen molar-refractivity contribution < 1.29 is 13.2 Å². The van der Waals surface area contributed by atoms with Gasteiger partial charge in [0, 0.05) is 132 Å². The molecule has 7 nitrogen and oxygen atoms in total. The zero-order valence-electron chi connectivity index (χ0n) is 57.2. The Hall–Kier alpha value is -7.94. The van der Waals surface area contributed by atoms with E-state index < -0.39 is 16.1 Å². The van der Waals surface area contributed by atoms with Crippen molar-refractivity contribution in [1.82, 2.24) is 32.0 Å². The Morgan fingerprint density at radius 3 is 1.12 bits per heavy atom. The van der Waals surface area contributed by atoms with Crippen LogP contribution >= 0.6 is 0 Å². The number of hydrogen-bond donors (Lipinski definition) is 0. The highest BCUT2D eigenvalue weighted by Gasteiger charge is 2.38. The fraction of sp³-hybridized carbons (Fsp3) is 0.316. The molecule has 0 atom stereocenters. The lowest BCUT2D eigenvalue weighted by atomic mass is 9.99. The molecule has 0 fully saturated rings. The highest BCUT2D eigenvalue weighted by atomic mass is 28.3. The Morgan fingerprint density at radius 1 is 0.352 bits per heavy atom. The minimum Gasteiger partial charge on any atom is -0.355 e. The SMILES string of the molecule is Cc1c(-c2cccc(-c3ccccc3)c2)ccn1C.Cc1c(F)ccn1C.Cc1c([Si](C)(C)C(C)(C)C)ccn1C.Cc1cc(-c2ccc(-c3ccccc3)cc2)cn1C.Cc1cc(F)cn1C.Cc1cc([Si](C)(C)C)cn1C.Cc1cn(C)c(C)c1F. The third-order valence-corrected chi connectivity index (χ3v) is 25.0. The van der Waals surface area contributed by atoms with Gasteiger partial charge in [0.25, 0.3) is 0 Å². The van der Waals surface area contributed by atoms with E-state index >= 15 is 0 Å². The van der Waals surface area contributed by atoms with Gasteiger partial charge in [0.2, 0.25) is 0 Å². The summed E-state index contributed by atoms with van der Waals surface area (Å²) in [7, 11) is 11.5. The first-order valence-electron chi connectivity index (χ1n) is 30.3. The van der Waals surface area contributed by atoms with E-state index in [0.717, 1.165) is 11.3 Å². The summed E-state index contributed by atoms with van der Waals surface area (Å²) in [4.78, 5) is 0. The van der Waals surface area contributed by atoms with E-state index in [9.17, 15) is 13.2 Å². The number of aromatic nitrogens is 7. The molecule has 4 aromatic carbocycles. The van der Waals surface area contributed by atoms with E-state index in [4.69, 9.17) is 0 Å². The molecule has 11 aromatic rings. The molecule has 11 rings (SSSR count). The highest BCUT2D eigenvalue weighted by molar-refractivity contribution is 6.92. The number of aryl methyl sites for hydroxylation is 11. The van der Waals surface area contributed by atoms with E-state index in [1.807, 2.05) is 34.1 Å². The van der Waals surface area contributed by atoms with Gasteiger partial charge in [-0.05, 0) is 152 Å². The van der Waals surface area contributed by atoms with Crippen molar-refractivity contribution in [2.75, 3.05) is 0 Å². The van der Waals surface area contributed by atoms with Crippen LogP contribution in [-0.2, 0) is 49.3 Å². The summed E-state index contributed by atoms with van der Waals surface area (Å²) in [6.45, 7) is 35.0. The molecule has 7 heterocycles. The number of halogens is 3. The summed E-state index contributed by atoms with van der Waals surface area (Å²) in [5.74, 6) is -0.380. The maximum atomic E-state index is 12.7. The van der Waals surface area contributed by atoms with Gasteiger partial charge in [-0.2, -0.15) is 0 Å². The Balaban J connectivity index is 0.000000192. The molecule has 88 heavy (non-hydrogen) atoms. The number of nitrogens with zero attached hydrogens (tertiary/aromatic N) is 7. The summed E-state index contributed by atoms with van der Waals surface area (Å²) < 4.78 is 51.2. The zero-order chi connectivity index (χ0) is 65.6. The van der Waals surface area contributed by atoms with E-state index in [1.54, 1.807) is 57.2 Å². The summed E-state index contributed by atoms with van der Waals surface area (Å²) >= 11 is 0. The quantitative estimate of drug-likeness (QED) is 0.149. The van der Waals surface area contributed by atoms with Gasteiger partial charge in [0.15, 0.2) is 0 Å². The second kappa shape index (κ2) is 30.8. The average molecular weight is 1220 g/mol. The van der Waals surface area contributed by atoms with Crippen LogP contribution in [0.25, 0.3) is 44.5 Å². The van der Waals surface area contributed by atoms with Crippen LogP contribution in [-0.4, -0.2) is 48.1 Å². The van der Waals surface area contributed by atoms with Gasteiger partial charge in [-0.15, -0.1) is 0 Å². The maximum Gasteiger partial charge on any atom is 0.146 e. The molecule has 0 aliphatic carbocycles. The van der Waals surface area contributed by atoms with Gasteiger partial charge in [-0.25, -0.2) is 13.2 Å². The molecule has 0 radical (unpaired) electrons. The molecule has 0 saturated carbocycles. The number of rotatable bonds is 6. The first-order chi connectivity index (χ1) is 41.1. The first kappa shape index (κ1) is 70.8. The standard InChI is InChI=1S/2C18H17N.C12H23NSi.C9H17NSi.C7H10FN.2C6H8FN/c1-14-18(11-12-19(14)2)17-10-6-9-16(13-17)15-7-4-3-5-8-15;1-14-12-18(13-19(14)2)17-10-8-16(9-11-17)15-6-4-3-5-7-15;1-10-11(8-9-13(10)5)14(6,7)12(2,3)4;1-8-6-9(7-10(8)2)11(3,4)5;1-5-4-9(3)6(2)7(5)8;1-5-3-6(7)4-8(5)2;1-5-6(7)3-4-8(5)2/h2*3-13H,1-2H3;8-9H,1-7H3;6-7H,1-5H3;4H,1-3H3;2*3-4H,1-2H3. The Labute approximate surface area is 528 Å². The third kappa shape index (κ3) is 19.0. The van der Waals surface area contributed by atoms with Crippen LogP contribution in [0, 0.1) is 72.8 Å². The summed E-state index contributed by atoms with van der Waals surface area (Å²) in [6.07, 6.45) is 13.7. The molecule has 0 amide bonds. The lowest BCUT2D eigenvalue weighted by Crippen LogP contribution is -2.50. The van der Waals surface area contributed by atoms with Gasteiger partial charge in [-0.3, -0.25) is 0 Å². The van der Waals surface area contributed by atoms with E-state index in [1.165, 1.54) is 85.6 Å². The molecule has 0 aliphatic rings. The van der Waals surface area contributed by atoms with Crippen LogP contribution in [0.5, 0.6) is 0 Å². The van der Waals surface area contributed by atoms with Gasteiger partial charge in [-0.1, -0.05) is 157 Å². The van der Waals surface area contributed by atoms with Crippen molar-refractivity contribution in [3.63, 3.8) is 0 Å². The Bertz CT molecular complexity index is 3840. The molecule has 12 heteroatoms. The fourth-order valence-corrected chi connectivity index (χ4v) is 13.2. The van der Waals surface area contributed by atoms with Crippen molar-refractivity contribution in [2.45, 2.75) is 114 Å². The third-order valence-electron chi connectivity index (χ3n) is 17.4. The van der Waals surface area contributed by atoms with Crippen LogP contribution in [0.1, 0.15) is 66.2 Å². The van der Waals surface area contributed by atoms with Crippen molar-refractivity contribution in [3.05, 3.63) is 252 Å². The lowest BCUT2D eigenvalue weighted by molar-refractivity contribution is 0.605. The largest absolute Gasteiger partial charge is 0.355 e. The van der Waals surface area contributed by atoms with Gasteiger partial charge in [0.1, 0.15) is 17.5 Å². The Kier molecular flexibility index (Phi) is 24.8. The molecular formula is C76H100F3N7Si2. The van der Waals surface area contributed by atoms with Crippen molar-refractivity contribution in [1.29, 1.82) is 0 Å². The van der Waals surface area contributed by atoms with Crippen LogP contribution < -0.4 is 10.4 Å². The number of benzene rings is 4. The minimum absolute atomic E-state index is 0.0856. The van der Waals surface area contributed by atoms with Crippen LogP contribution in [0.2, 0.25) is 37.8 Å². The molecule has 0 unspecified atom stereocenters. The summed E-state index contributed by atoms with van der Waals surface area (Å²) in [6, 6.07) is 50.4. The molecule has 0 aliphatic heterocycles. The molecule has 0 bridgehead atoms. The van der Waals surface area contributed by atoms with Gasteiger partial charge in [0.05, 0.1) is 27.5 Å². The monoisotopic (exact) mass is 1220 g/mol. The highest BCUT2D eigenvalue weighted by Crippen LogP contribution is 2.36. The second-order valence-electron chi connectivity index (χ2n) is 25.9. The lowest BCUT2D eigenvalue weighted by Gasteiger charge is -2.37. The molecule has 7 aromatic heterocycles. The molecule has 468 valence electrons.